The van der Waals surface area contributed by atoms with Crippen LogP contribution in [0.2, 0.25) is 0 Å². The maximum absolute atomic E-state index is 12.0. The Morgan fingerprint density at radius 2 is 2.19 bits per heavy atom. The Balaban J connectivity index is 2.50. The maximum Gasteiger partial charge on any atom is 0.361 e. The van der Waals surface area contributed by atoms with Gasteiger partial charge in [-0.15, -0.1) is 5.10 Å². The lowest BCUT2D eigenvalue weighted by molar-refractivity contribution is -0.121. The third-order valence-corrected chi connectivity index (χ3v) is 2.84. The van der Waals surface area contributed by atoms with E-state index < -0.39 is 5.97 Å². The highest BCUT2D eigenvalue weighted by molar-refractivity contribution is 5.93. The minimum atomic E-state index is -0.586. The van der Waals surface area contributed by atoms with E-state index in [1.54, 1.807) is 31.1 Å². The highest BCUT2D eigenvalue weighted by atomic mass is 16.5. The molecular formula is C12H16N6O3. The lowest BCUT2D eigenvalue weighted by atomic mass is 10.2. The number of ether oxygens (including phenoxy) is 1. The summed E-state index contributed by atoms with van der Waals surface area (Å²) in [5.41, 5.74) is 1.08. The molecule has 21 heavy (non-hydrogen) atoms. The summed E-state index contributed by atoms with van der Waals surface area (Å²) in [6, 6.07) is 0. The first-order valence-corrected chi connectivity index (χ1v) is 6.36. The third-order valence-electron chi connectivity index (χ3n) is 2.84. The zero-order valence-corrected chi connectivity index (χ0v) is 12.0. The van der Waals surface area contributed by atoms with Crippen LogP contribution in [0, 0.1) is 0 Å². The van der Waals surface area contributed by atoms with Gasteiger partial charge in [0.1, 0.15) is 12.2 Å². The molecule has 0 radical (unpaired) electrons. The van der Waals surface area contributed by atoms with Crippen LogP contribution in [-0.4, -0.2) is 50.1 Å². The van der Waals surface area contributed by atoms with Gasteiger partial charge in [-0.1, -0.05) is 5.21 Å². The van der Waals surface area contributed by atoms with E-state index >= 15 is 0 Å². The van der Waals surface area contributed by atoms with Gasteiger partial charge in [0.05, 0.1) is 24.8 Å². The van der Waals surface area contributed by atoms with Crippen molar-refractivity contribution in [3.8, 4) is 11.4 Å². The van der Waals surface area contributed by atoms with Gasteiger partial charge in [0.25, 0.3) is 0 Å². The molecule has 0 bridgehead atoms. The second kappa shape index (κ2) is 6.16. The first-order chi connectivity index (χ1) is 10.1. The van der Waals surface area contributed by atoms with Crippen molar-refractivity contribution in [1.82, 2.24) is 29.9 Å². The molecule has 9 nitrogen and oxygen atoms in total. The first kappa shape index (κ1) is 14.7. The second-order valence-electron chi connectivity index (χ2n) is 4.23. The molecule has 0 spiro atoms. The van der Waals surface area contributed by atoms with E-state index in [0.717, 1.165) is 0 Å². The van der Waals surface area contributed by atoms with E-state index in [2.05, 4.69) is 20.6 Å². The van der Waals surface area contributed by atoms with Gasteiger partial charge in [-0.3, -0.25) is 4.79 Å². The van der Waals surface area contributed by atoms with Crippen LogP contribution in [-0.2, 0) is 23.1 Å². The summed E-state index contributed by atoms with van der Waals surface area (Å²) in [4.78, 5) is 27.5. The third kappa shape index (κ3) is 2.91. The fourth-order valence-electron chi connectivity index (χ4n) is 1.81. The Hall–Kier alpha value is -2.71. The molecular weight excluding hydrogens is 276 g/mol. The molecule has 1 N–H and O–H groups in total. The molecule has 1 amide bonds. The second-order valence-corrected chi connectivity index (χ2v) is 4.23. The van der Waals surface area contributed by atoms with E-state index in [4.69, 9.17) is 4.74 Å². The van der Waals surface area contributed by atoms with Gasteiger partial charge in [0, 0.05) is 14.1 Å². The number of hydrogen-bond donors (Lipinski definition) is 1. The number of nitrogens with one attached hydrogen (secondary N) is 1. The smallest absolute Gasteiger partial charge is 0.361 e. The molecule has 0 aliphatic carbocycles. The zero-order valence-electron chi connectivity index (χ0n) is 12.0. The SMILES string of the molecule is CCOC(=O)c1nnn(CC(=O)NC)c1-c1cncn1C. The van der Waals surface area contributed by atoms with Crippen molar-refractivity contribution in [2.75, 3.05) is 13.7 Å². The lowest BCUT2D eigenvalue weighted by Crippen LogP contribution is -2.24. The number of amides is 1. The van der Waals surface area contributed by atoms with E-state index in [1.807, 2.05) is 0 Å². The Labute approximate surface area is 120 Å². The predicted molar refractivity (Wildman–Crippen MR) is 72.2 cm³/mol. The van der Waals surface area contributed by atoms with Crippen LogP contribution < -0.4 is 5.32 Å². The van der Waals surface area contributed by atoms with Crippen LogP contribution in [0.5, 0.6) is 0 Å². The van der Waals surface area contributed by atoms with Gasteiger partial charge in [0.2, 0.25) is 5.91 Å². The quantitative estimate of drug-likeness (QED) is 0.752. The Morgan fingerprint density at radius 1 is 1.43 bits per heavy atom. The van der Waals surface area contributed by atoms with Crippen LogP contribution in [0.25, 0.3) is 11.4 Å². The lowest BCUT2D eigenvalue weighted by Gasteiger charge is -2.07. The number of carbonyl (C=O) groups is 2. The average molecular weight is 292 g/mol. The average Bonchev–Trinajstić information content (AvgIpc) is 3.05. The molecule has 2 rings (SSSR count). The van der Waals surface area contributed by atoms with Gasteiger partial charge in [-0.25, -0.2) is 14.5 Å². The number of aryl methyl sites for hydroxylation is 1. The van der Waals surface area contributed by atoms with Crippen LogP contribution in [0.4, 0.5) is 0 Å². The van der Waals surface area contributed by atoms with Crippen LogP contribution in [0.3, 0.4) is 0 Å². The highest BCUT2D eigenvalue weighted by Crippen LogP contribution is 2.22. The number of nitrogens with zero attached hydrogens (tertiary/aromatic N) is 5. The summed E-state index contributed by atoms with van der Waals surface area (Å²) in [7, 11) is 3.30. The van der Waals surface area contributed by atoms with Gasteiger partial charge in [0.15, 0.2) is 5.69 Å². The molecule has 2 aromatic rings. The van der Waals surface area contributed by atoms with Crippen molar-refractivity contribution in [2.45, 2.75) is 13.5 Å². The van der Waals surface area contributed by atoms with Gasteiger partial charge < -0.3 is 14.6 Å². The topological polar surface area (TPSA) is 104 Å². The number of likely N-dealkylation sites (N-methyl/N-ethyl adjacent to an activating group) is 1. The summed E-state index contributed by atoms with van der Waals surface area (Å²) < 4.78 is 8.03. The first-order valence-electron chi connectivity index (χ1n) is 6.36. The van der Waals surface area contributed by atoms with Crippen LogP contribution in [0.15, 0.2) is 12.5 Å². The summed E-state index contributed by atoms with van der Waals surface area (Å²) in [6.45, 7) is 1.88. The van der Waals surface area contributed by atoms with E-state index in [-0.39, 0.29) is 24.8 Å². The highest BCUT2D eigenvalue weighted by Gasteiger charge is 2.24. The summed E-state index contributed by atoms with van der Waals surface area (Å²) in [6.07, 6.45) is 3.16. The molecule has 0 fully saturated rings. The number of carbonyl (C=O) groups excluding carboxylic acids is 2. The van der Waals surface area contributed by atoms with Crippen molar-refractivity contribution in [2.24, 2.45) is 7.05 Å². The van der Waals surface area contributed by atoms with Crippen molar-refractivity contribution in [3.05, 3.63) is 18.2 Å². The number of rotatable bonds is 5. The molecule has 0 atom stereocenters. The predicted octanol–water partition coefficient (Wildman–Crippen LogP) is -0.399. The minimum absolute atomic E-state index is 0.0522. The Bertz CT molecular complexity index is 660. The summed E-state index contributed by atoms with van der Waals surface area (Å²) in [5, 5.41) is 10.2. The van der Waals surface area contributed by atoms with Gasteiger partial charge in [-0.2, -0.15) is 0 Å². The Kier molecular flexibility index (Phi) is 4.31. The minimum Gasteiger partial charge on any atom is -0.461 e. The molecule has 0 aliphatic heterocycles. The summed E-state index contributed by atoms with van der Waals surface area (Å²) in [5.74, 6) is -0.837. The van der Waals surface area contributed by atoms with Gasteiger partial charge in [-0.05, 0) is 6.92 Å². The molecule has 0 saturated heterocycles. The standard InChI is InChI=1S/C12H16N6O3/c1-4-21-12(20)10-11(8-5-14-7-17(8)3)18(16-15-10)6-9(19)13-2/h5,7H,4,6H2,1-3H3,(H,13,19). The molecule has 0 saturated carbocycles. The largest absolute Gasteiger partial charge is 0.461 e. The van der Waals surface area contributed by atoms with Crippen molar-refractivity contribution in [3.63, 3.8) is 0 Å². The number of hydrogen-bond acceptors (Lipinski definition) is 6. The van der Waals surface area contributed by atoms with Crippen LogP contribution in [0.1, 0.15) is 17.4 Å². The summed E-state index contributed by atoms with van der Waals surface area (Å²) >= 11 is 0. The van der Waals surface area contributed by atoms with E-state index in [1.165, 1.54) is 11.7 Å². The van der Waals surface area contributed by atoms with Gasteiger partial charge >= 0.3 is 5.97 Å². The van der Waals surface area contributed by atoms with Crippen LogP contribution >= 0.6 is 0 Å². The fraction of sp³-hybridized carbons (Fsp3) is 0.417. The number of imidazole rings is 1. The molecule has 112 valence electrons. The molecule has 0 aliphatic rings. The van der Waals surface area contributed by atoms with E-state index in [9.17, 15) is 9.59 Å². The normalized spacial score (nSPS) is 10.4. The number of esters is 1. The van der Waals surface area contributed by atoms with Crippen molar-refractivity contribution in [1.29, 1.82) is 0 Å². The Morgan fingerprint density at radius 3 is 2.76 bits per heavy atom. The van der Waals surface area contributed by atoms with Crippen molar-refractivity contribution < 1.29 is 14.3 Å². The van der Waals surface area contributed by atoms with Crippen molar-refractivity contribution >= 4 is 11.9 Å². The zero-order chi connectivity index (χ0) is 15.4. The molecule has 0 aromatic carbocycles. The fourth-order valence-corrected chi connectivity index (χ4v) is 1.81. The molecule has 0 unspecified atom stereocenters. The monoisotopic (exact) mass is 292 g/mol. The molecule has 9 heteroatoms. The van der Waals surface area contributed by atoms with E-state index in [0.29, 0.717) is 11.4 Å². The maximum atomic E-state index is 12.0. The molecule has 2 aromatic heterocycles. The number of aromatic nitrogens is 5. The molecule has 2 heterocycles.